The van der Waals surface area contributed by atoms with Gasteiger partial charge in [0, 0.05) is 24.8 Å². The van der Waals surface area contributed by atoms with Gasteiger partial charge in [0.15, 0.2) is 11.5 Å². The zero-order valence-corrected chi connectivity index (χ0v) is 12.3. The van der Waals surface area contributed by atoms with Gasteiger partial charge in [0.2, 0.25) is 16.8 Å². The first kappa shape index (κ1) is 15.4. The summed E-state index contributed by atoms with van der Waals surface area (Å²) in [4.78, 5) is 12.0. The zero-order valence-electron chi connectivity index (χ0n) is 11.5. The second-order valence-electron chi connectivity index (χ2n) is 4.57. The Morgan fingerprint density at radius 3 is 2.62 bits per heavy atom. The smallest absolute Gasteiger partial charge is 0.253 e. The lowest BCUT2D eigenvalue weighted by atomic mass is 10.1. The maximum Gasteiger partial charge on any atom is 0.253 e. The van der Waals surface area contributed by atoms with Crippen molar-refractivity contribution in [3.05, 3.63) is 17.7 Å². The highest BCUT2D eigenvalue weighted by molar-refractivity contribution is 7.88. The fourth-order valence-electron chi connectivity index (χ4n) is 1.80. The van der Waals surface area contributed by atoms with Crippen molar-refractivity contribution in [2.45, 2.75) is 6.42 Å². The number of sulfonamides is 1. The van der Waals surface area contributed by atoms with Crippen molar-refractivity contribution in [3.63, 3.8) is 0 Å². The molecule has 1 aliphatic heterocycles. The first-order valence-corrected chi connectivity index (χ1v) is 8.18. The van der Waals surface area contributed by atoms with Gasteiger partial charge in [0.1, 0.15) is 0 Å². The number of nitrogens with one attached hydrogen (secondary N) is 2. The van der Waals surface area contributed by atoms with Gasteiger partial charge in [0.25, 0.3) is 5.91 Å². The van der Waals surface area contributed by atoms with Crippen molar-refractivity contribution >= 4 is 21.6 Å². The molecular formula is C12H17N3O5S. The minimum absolute atomic E-state index is 0.108. The number of benzene rings is 1. The average molecular weight is 315 g/mol. The number of anilines is 1. The molecule has 0 aliphatic carbocycles. The van der Waals surface area contributed by atoms with Crippen LogP contribution in [0.2, 0.25) is 0 Å². The van der Waals surface area contributed by atoms with E-state index in [0.29, 0.717) is 35.7 Å². The van der Waals surface area contributed by atoms with Crippen LogP contribution in [0.15, 0.2) is 12.1 Å². The van der Waals surface area contributed by atoms with Crippen LogP contribution in [0.4, 0.5) is 5.69 Å². The molecule has 9 heteroatoms. The molecule has 21 heavy (non-hydrogen) atoms. The van der Waals surface area contributed by atoms with Gasteiger partial charge in [-0.1, -0.05) is 0 Å². The summed E-state index contributed by atoms with van der Waals surface area (Å²) in [5, 5.41) is 2.67. The molecule has 0 spiro atoms. The van der Waals surface area contributed by atoms with Crippen LogP contribution < -0.4 is 25.2 Å². The third-order valence-corrected chi connectivity index (χ3v) is 3.52. The van der Waals surface area contributed by atoms with E-state index in [9.17, 15) is 13.2 Å². The Morgan fingerprint density at radius 1 is 1.29 bits per heavy atom. The lowest BCUT2D eigenvalue weighted by molar-refractivity contribution is 0.0954. The molecule has 2 rings (SSSR count). The number of hydrogen-bond donors (Lipinski definition) is 3. The van der Waals surface area contributed by atoms with E-state index < -0.39 is 10.0 Å². The summed E-state index contributed by atoms with van der Waals surface area (Å²) in [6, 6.07) is 3.07. The predicted molar refractivity (Wildman–Crippen MR) is 76.8 cm³/mol. The van der Waals surface area contributed by atoms with E-state index in [1.54, 1.807) is 6.07 Å². The molecule has 0 saturated carbocycles. The fourth-order valence-corrected chi connectivity index (χ4v) is 2.31. The van der Waals surface area contributed by atoms with Gasteiger partial charge in [-0.05, 0) is 12.5 Å². The number of amides is 1. The standard InChI is InChI=1S/C12H17N3O5S/c1-21(17,18)15-4-2-3-14-12(16)8-5-10-11(6-9(8)13)20-7-19-10/h5-6,15H,2-4,7,13H2,1H3,(H,14,16). The van der Waals surface area contributed by atoms with Gasteiger partial charge in [0.05, 0.1) is 11.8 Å². The highest BCUT2D eigenvalue weighted by Crippen LogP contribution is 2.35. The lowest BCUT2D eigenvalue weighted by Gasteiger charge is -2.08. The summed E-state index contributed by atoms with van der Waals surface area (Å²) in [7, 11) is -3.20. The molecule has 0 radical (unpaired) electrons. The highest BCUT2D eigenvalue weighted by Gasteiger charge is 2.19. The molecule has 4 N–H and O–H groups in total. The van der Waals surface area contributed by atoms with E-state index in [2.05, 4.69) is 10.0 Å². The Hall–Kier alpha value is -2.00. The van der Waals surface area contributed by atoms with E-state index in [4.69, 9.17) is 15.2 Å². The maximum absolute atomic E-state index is 12.0. The molecule has 1 aromatic carbocycles. The lowest BCUT2D eigenvalue weighted by Crippen LogP contribution is -2.29. The maximum atomic E-state index is 12.0. The average Bonchev–Trinajstić information content (AvgIpc) is 2.82. The van der Waals surface area contributed by atoms with Gasteiger partial charge in [-0.25, -0.2) is 13.1 Å². The molecule has 0 unspecified atom stereocenters. The van der Waals surface area contributed by atoms with E-state index in [-0.39, 0.29) is 19.2 Å². The van der Waals surface area contributed by atoms with Crippen LogP contribution in [0, 0.1) is 0 Å². The summed E-state index contributed by atoms with van der Waals surface area (Å²) in [5.41, 5.74) is 6.39. The summed E-state index contributed by atoms with van der Waals surface area (Å²) < 4.78 is 34.4. The predicted octanol–water partition coefficient (Wildman–Crippen LogP) is -0.333. The minimum Gasteiger partial charge on any atom is -0.454 e. The normalized spacial score (nSPS) is 13.2. The number of carbonyl (C=O) groups excluding carboxylic acids is 1. The van der Waals surface area contributed by atoms with Crippen molar-refractivity contribution in [3.8, 4) is 11.5 Å². The number of nitrogens with two attached hydrogens (primary N) is 1. The van der Waals surface area contributed by atoms with Crippen LogP contribution >= 0.6 is 0 Å². The Morgan fingerprint density at radius 2 is 1.95 bits per heavy atom. The molecule has 116 valence electrons. The molecular weight excluding hydrogens is 298 g/mol. The van der Waals surface area contributed by atoms with Gasteiger partial charge >= 0.3 is 0 Å². The third-order valence-electron chi connectivity index (χ3n) is 2.79. The Kier molecular flexibility index (Phi) is 4.53. The van der Waals surface area contributed by atoms with Crippen LogP contribution in [0.3, 0.4) is 0 Å². The molecule has 0 fully saturated rings. The van der Waals surface area contributed by atoms with E-state index in [1.807, 2.05) is 0 Å². The molecule has 1 amide bonds. The van der Waals surface area contributed by atoms with E-state index in [0.717, 1.165) is 6.26 Å². The number of hydrogen-bond acceptors (Lipinski definition) is 6. The third kappa shape index (κ3) is 4.23. The van der Waals surface area contributed by atoms with Gasteiger partial charge in [-0.3, -0.25) is 4.79 Å². The van der Waals surface area contributed by atoms with Gasteiger partial charge in [-0.15, -0.1) is 0 Å². The quantitative estimate of drug-likeness (QED) is 0.488. The van der Waals surface area contributed by atoms with Crippen LogP contribution in [-0.2, 0) is 10.0 Å². The summed E-state index contributed by atoms with van der Waals surface area (Å²) in [6.07, 6.45) is 1.56. The van der Waals surface area contributed by atoms with E-state index in [1.165, 1.54) is 6.07 Å². The van der Waals surface area contributed by atoms with Crippen molar-refractivity contribution in [1.82, 2.24) is 10.0 Å². The van der Waals surface area contributed by atoms with Crippen LogP contribution in [0.1, 0.15) is 16.8 Å². The number of nitrogen functional groups attached to an aromatic ring is 1. The van der Waals surface area contributed by atoms with Crippen molar-refractivity contribution in [2.24, 2.45) is 0 Å². The summed E-state index contributed by atoms with van der Waals surface area (Å²) >= 11 is 0. The van der Waals surface area contributed by atoms with Gasteiger partial charge in [-0.2, -0.15) is 0 Å². The van der Waals surface area contributed by atoms with Crippen molar-refractivity contribution < 1.29 is 22.7 Å². The van der Waals surface area contributed by atoms with Crippen LogP contribution in [0.25, 0.3) is 0 Å². The SMILES string of the molecule is CS(=O)(=O)NCCCNC(=O)c1cc2c(cc1N)OCO2. The number of fused-ring (bicyclic) bond motifs is 1. The second-order valence-corrected chi connectivity index (χ2v) is 6.40. The molecule has 0 bridgehead atoms. The largest absolute Gasteiger partial charge is 0.454 e. The molecule has 0 aromatic heterocycles. The van der Waals surface area contributed by atoms with Crippen LogP contribution in [-0.4, -0.2) is 40.5 Å². The second kappa shape index (κ2) is 6.19. The van der Waals surface area contributed by atoms with E-state index >= 15 is 0 Å². The summed E-state index contributed by atoms with van der Waals surface area (Å²) in [5.74, 6) is 0.652. The molecule has 1 aromatic rings. The Bertz CT molecular complexity index is 645. The number of ether oxygens (including phenoxy) is 2. The Balaban J connectivity index is 1.86. The number of rotatable bonds is 6. The zero-order chi connectivity index (χ0) is 15.5. The first-order valence-electron chi connectivity index (χ1n) is 6.29. The highest BCUT2D eigenvalue weighted by atomic mass is 32.2. The number of carbonyl (C=O) groups is 1. The molecule has 1 heterocycles. The fraction of sp³-hybridized carbons (Fsp3) is 0.417. The molecule has 8 nitrogen and oxygen atoms in total. The monoisotopic (exact) mass is 315 g/mol. The minimum atomic E-state index is -3.20. The van der Waals surface area contributed by atoms with Crippen molar-refractivity contribution in [2.75, 3.05) is 31.9 Å². The molecule has 1 aliphatic rings. The Labute approximate surface area is 122 Å². The van der Waals surface area contributed by atoms with Gasteiger partial charge < -0.3 is 20.5 Å². The topological polar surface area (TPSA) is 120 Å². The molecule has 0 saturated heterocycles. The van der Waals surface area contributed by atoms with Crippen LogP contribution in [0.5, 0.6) is 11.5 Å². The molecule has 0 atom stereocenters. The first-order chi connectivity index (χ1) is 9.87. The summed E-state index contributed by atoms with van der Waals surface area (Å²) in [6.45, 7) is 0.696. The van der Waals surface area contributed by atoms with Crippen molar-refractivity contribution in [1.29, 1.82) is 0 Å².